The third kappa shape index (κ3) is 5.94. The molecule has 0 spiro atoms. The van der Waals surface area contributed by atoms with E-state index in [1.54, 1.807) is 0 Å². The molecule has 0 saturated carbocycles. The molecule has 0 aliphatic heterocycles. The number of nitrogens with zero attached hydrogens (tertiary/aromatic N) is 1. The van der Waals surface area contributed by atoms with Gasteiger partial charge in [0.2, 0.25) is 0 Å². The van der Waals surface area contributed by atoms with E-state index in [1.165, 1.54) is 0 Å². The summed E-state index contributed by atoms with van der Waals surface area (Å²) in [7, 11) is 0. The van der Waals surface area contributed by atoms with Crippen LogP contribution in [0.5, 0.6) is 5.75 Å². The average molecular weight is 256 g/mol. The van der Waals surface area contributed by atoms with Crippen LogP contribution in [0.15, 0.2) is 30.3 Å². The smallest absolute Gasteiger partial charge is 0.119 e. The largest absolute Gasteiger partial charge is 0.494 e. The van der Waals surface area contributed by atoms with Crippen molar-refractivity contribution >= 4 is 11.6 Å². The van der Waals surface area contributed by atoms with Crippen LogP contribution in [0.4, 0.5) is 0 Å². The lowest BCUT2D eigenvalue weighted by atomic mass is 10.3. The molecule has 0 amide bonds. The standard InChI is InChI=1S/C14H22ClNO/c1-13(2)16(11-9-15)10-6-12-17-14-7-4-3-5-8-14/h3-5,7-8,13H,6,9-12H2,1-2H3. The van der Waals surface area contributed by atoms with E-state index in [4.69, 9.17) is 16.3 Å². The van der Waals surface area contributed by atoms with Crippen LogP contribution in [-0.2, 0) is 0 Å². The Morgan fingerprint density at radius 2 is 1.88 bits per heavy atom. The predicted molar refractivity (Wildman–Crippen MR) is 74.0 cm³/mol. The van der Waals surface area contributed by atoms with Gasteiger partial charge in [0, 0.05) is 25.0 Å². The first-order valence-electron chi connectivity index (χ1n) is 6.22. The number of para-hydroxylation sites is 1. The van der Waals surface area contributed by atoms with Crippen molar-refractivity contribution in [3.8, 4) is 5.75 Å². The molecule has 1 rings (SSSR count). The molecular weight excluding hydrogens is 234 g/mol. The lowest BCUT2D eigenvalue weighted by Gasteiger charge is -2.25. The fourth-order valence-corrected chi connectivity index (χ4v) is 1.93. The molecule has 0 unspecified atom stereocenters. The number of hydrogen-bond acceptors (Lipinski definition) is 2. The molecule has 0 fully saturated rings. The molecule has 96 valence electrons. The molecule has 0 bridgehead atoms. The first-order chi connectivity index (χ1) is 8.24. The van der Waals surface area contributed by atoms with Crippen molar-refractivity contribution < 1.29 is 4.74 Å². The van der Waals surface area contributed by atoms with E-state index in [1.807, 2.05) is 30.3 Å². The van der Waals surface area contributed by atoms with Crippen LogP contribution in [-0.4, -0.2) is 36.5 Å². The van der Waals surface area contributed by atoms with Gasteiger partial charge >= 0.3 is 0 Å². The normalized spacial score (nSPS) is 11.1. The molecule has 0 heterocycles. The molecule has 0 saturated heterocycles. The monoisotopic (exact) mass is 255 g/mol. The van der Waals surface area contributed by atoms with E-state index in [9.17, 15) is 0 Å². The Hall–Kier alpha value is -0.730. The third-order valence-corrected chi connectivity index (χ3v) is 2.87. The summed E-state index contributed by atoms with van der Waals surface area (Å²) in [5.74, 6) is 1.64. The minimum atomic E-state index is 0.547. The fourth-order valence-electron chi connectivity index (χ4n) is 1.71. The fraction of sp³-hybridized carbons (Fsp3) is 0.571. The Bertz CT molecular complexity index is 290. The van der Waals surface area contributed by atoms with Gasteiger partial charge in [0.1, 0.15) is 5.75 Å². The number of halogens is 1. The van der Waals surface area contributed by atoms with Gasteiger partial charge in [-0.2, -0.15) is 0 Å². The molecule has 0 N–H and O–H groups in total. The van der Waals surface area contributed by atoms with Gasteiger partial charge in [-0.3, -0.25) is 4.90 Å². The molecule has 3 heteroatoms. The maximum absolute atomic E-state index is 5.78. The highest BCUT2D eigenvalue weighted by atomic mass is 35.5. The average Bonchev–Trinajstić information content (AvgIpc) is 2.34. The summed E-state index contributed by atoms with van der Waals surface area (Å²) >= 11 is 5.78. The maximum atomic E-state index is 5.78. The van der Waals surface area contributed by atoms with Crippen molar-refractivity contribution in [1.82, 2.24) is 4.90 Å². The van der Waals surface area contributed by atoms with Gasteiger partial charge < -0.3 is 4.74 Å². The first-order valence-corrected chi connectivity index (χ1v) is 6.75. The summed E-state index contributed by atoms with van der Waals surface area (Å²) in [4.78, 5) is 2.38. The first kappa shape index (κ1) is 14.3. The van der Waals surface area contributed by atoms with Gasteiger partial charge in [-0.05, 0) is 32.4 Å². The summed E-state index contributed by atoms with van der Waals surface area (Å²) in [6, 6.07) is 10.5. The van der Waals surface area contributed by atoms with Crippen LogP contribution < -0.4 is 4.74 Å². The quantitative estimate of drug-likeness (QED) is 0.521. The molecule has 1 aromatic carbocycles. The summed E-state index contributed by atoms with van der Waals surface area (Å²) < 4.78 is 5.65. The van der Waals surface area contributed by atoms with Gasteiger partial charge in [0.15, 0.2) is 0 Å². The minimum Gasteiger partial charge on any atom is -0.494 e. The highest BCUT2D eigenvalue weighted by Crippen LogP contribution is 2.09. The zero-order valence-corrected chi connectivity index (χ0v) is 11.5. The Balaban J connectivity index is 2.18. The Morgan fingerprint density at radius 1 is 1.18 bits per heavy atom. The lowest BCUT2D eigenvalue weighted by Crippen LogP contribution is -2.34. The zero-order chi connectivity index (χ0) is 12.5. The summed E-state index contributed by atoms with van der Waals surface area (Å²) in [5.41, 5.74) is 0. The number of ether oxygens (including phenoxy) is 1. The van der Waals surface area contributed by atoms with E-state index in [-0.39, 0.29) is 0 Å². The van der Waals surface area contributed by atoms with Gasteiger partial charge in [0.25, 0.3) is 0 Å². The molecule has 17 heavy (non-hydrogen) atoms. The second kappa shape index (κ2) is 8.37. The predicted octanol–water partition coefficient (Wildman–Crippen LogP) is 3.40. The van der Waals surface area contributed by atoms with Crippen LogP contribution in [0.1, 0.15) is 20.3 Å². The SMILES string of the molecule is CC(C)N(CCCl)CCCOc1ccccc1. The van der Waals surface area contributed by atoms with Gasteiger partial charge in [-0.15, -0.1) is 11.6 Å². The van der Waals surface area contributed by atoms with E-state index in [2.05, 4.69) is 18.7 Å². The van der Waals surface area contributed by atoms with Gasteiger partial charge in [-0.25, -0.2) is 0 Å². The van der Waals surface area contributed by atoms with Crippen molar-refractivity contribution in [2.45, 2.75) is 26.3 Å². The zero-order valence-electron chi connectivity index (χ0n) is 10.7. The van der Waals surface area contributed by atoms with Crippen molar-refractivity contribution in [3.63, 3.8) is 0 Å². The highest BCUT2D eigenvalue weighted by molar-refractivity contribution is 6.18. The lowest BCUT2D eigenvalue weighted by molar-refractivity contribution is 0.208. The van der Waals surface area contributed by atoms with Crippen LogP contribution in [0.2, 0.25) is 0 Å². The molecule has 0 aliphatic rings. The molecule has 0 radical (unpaired) electrons. The number of benzene rings is 1. The third-order valence-electron chi connectivity index (χ3n) is 2.70. The van der Waals surface area contributed by atoms with Crippen LogP contribution >= 0.6 is 11.6 Å². The summed E-state index contributed by atoms with van der Waals surface area (Å²) in [5, 5.41) is 0. The highest BCUT2D eigenvalue weighted by Gasteiger charge is 2.07. The summed E-state index contributed by atoms with van der Waals surface area (Å²) in [6.45, 7) is 7.15. The van der Waals surface area contributed by atoms with Crippen LogP contribution in [0, 0.1) is 0 Å². The van der Waals surface area contributed by atoms with Crippen molar-refractivity contribution in [2.24, 2.45) is 0 Å². The van der Waals surface area contributed by atoms with Crippen LogP contribution in [0.3, 0.4) is 0 Å². The van der Waals surface area contributed by atoms with Crippen molar-refractivity contribution in [1.29, 1.82) is 0 Å². The maximum Gasteiger partial charge on any atom is 0.119 e. The number of rotatable bonds is 8. The van der Waals surface area contributed by atoms with Crippen molar-refractivity contribution in [3.05, 3.63) is 30.3 Å². The molecule has 0 aliphatic carbocycles. The summed E-state index contributed by atoms with van der Waals surface area (Å²) in [6.07, 6.45) is 1.03. The molecular formula is C14H22ClNO. The minimum absolute atomic E-state index is 0.547. The second-order valence-electron chi connectivity index (χ2n) is 4.33. The Morgan fingerprint density at radius 3 is 2.47 bits per heavy atom. The molecule has 1 aromatic rings. The Labute approximate surface area is 110 Å². The number of alkyl halides is 1. The van der Waals surface area contributed by atoms with E-state index >= 15 is 0 Å². The molecule has 2 nitrogen and oxygen atoms in total. The molecule has 0 atom stereocenters. The van der Waals surface area contributed by atoms with Crippen LogP contribution in [0.25, 0.3) is 0 Å². The van der Waals surface area contributed by atoms with E-state index in [0.717, 1.165) is 31.9 Å². The Kier molecular flexibility index (Phi) is 7.06. The topological polar surface area (TPSA) is 12.5 Å². The van der Waals surface area contributed by atoms with E-state index in [0.29, 0.717) is 11.9 Å². The van der Waals surface area contributed by atoms with Crippen molar-refractivity contribution in [2.75, 3.05) is 25.6 Å². The second-order valence-corrected chi connectivity index (χ2v) is 4.71. The molecule has 0 aromatic heterocycles. The van der Waals surface area contributed by atoms with E-state index < -0.39 is 0 Å². The van der Waals surface area contributed by atoms with Gasteiger partial charge in [0.05, 0.1) is 6.61 Å². The number of hydrogen-bond donors (Lipinski definition) is 0. The van der Waals surface area contributed by atoms with Gasteiger partial charge in [-0.1, -0.05) is 18.2 Å².